The SMILES string of the molecule is CCC1(C(=O)O)CCC(Oc2ccc(-c3ccc(C=O)nn3)cn2)CC1. The number of aldehydes is 1. The van der Waals surface area contributed by atoms with Gasteiger partial charge in [-0.3, -0.25) is 9.59 Å². The van der Waals surface area contributed by atoms with Crippen LogP contribution in [0.5, 0.6) is 5.88 Å². The Balaban J connectivity index is 1.61. The van der Waals surface area contributed by atoms with E-state index in [4.69, 9.17) is 4.74 Å². The molecule has 0 unspecified atom stereocenters. The number of rotatable bonds is 6. The second-order valence-corrected chi connectivity index (χ2v) is 6.60. The Morgan fingerprint density at radius 1 is 1.27 bits per heavy atom. The maximum atomic E-state index is 11.5. The van der Waals surface area contributed by atoms with Crippen molar-refractivity contribution in [1.29, 1.82) is 0 Å². The van der Waals surface area contributed by atoms with Crippen LogP contribution in [0.4, 0.5) is 0 Å². The number of pyridine rings is 1. The van der Waals surface area contributed by atoms with Gasteiger partial charge in [0.1, 0.15) is 11.8 Å². The predicted octanol–water partition coefficient (Wildman–Crippen LogP) is 3.15. The van der Waals surface area contributed by atoms with Crippen LogP contribution in [-0.2, 0) is 4.79 Å². The van der Waals surface area contributed by atoms with Crippen molar-refractivity contribution in [3.63, 3.8) is 0 Å². The van der Waals surface area contributed by atoms with E-state index in [0.717, 1.165) is 5.56 Å². The van der Waals surface area contributed by atoms with Gasteiger partial charge in [0.25, 0.3) is 0 Å². The molecule has 0 atom stereocenters. The van der Waals surface area contributed by atoms with E-state index < -0.39 is 11.4 Å². The predicted molar refractivity (Wildman–Crippen MR) is 93.9 cm³/mol. The summed E-state index contributed by atoms with van der Waals surface area (Å²) in [6.07, 6.45) is 5.60. The fourth-order valence-electron chi connectivity index (χ4n) is 3.31. The van der Waals surface area contributed by atoms with Crippen molar-refractivity contribution < 1.29 is 19.4 Å². The van der Waals surface area contributed by atoms with Crippen LogP contribution in [0.25, 0.3) is 11.3 Å². The molecule has 1 aliphatic carbocycles. The van der Waals surface area contributed by atoms with E-state index in [0.29, 0.717) is 50.0 Å². The largest absolute Gasteiger partial charge is 0.481 e. The van der Waals surface area contributed by atoms with Gasteiger partial charge in [0, 0.05) is 17.8 Å². The molecule has 0 aromatic carbocycles. The Hall–Kier alpha value is -2.83. The molecule has 2 heterocycles. The molecule has 1 fully saturated rings. The van der Waals surface area contributed by atoms with Crippen molar-refractivity contribution in [1.82, 2.24) is 15.2 Å². The van der Waals surface area contributed by atoms with Gasteiger partial charge in [0.2, 0.25) is 5.88 Å². The number of hydrogen-bond donors (Lipinski definition) is 1. The minimum Gasteiger partial charge on any atom is -0.481 e. The van der Waals surface area contributed by atoms with Crippen molar-refractivity contribution >= 4 is 12.3 Å². The number of aliphatic carboxylic acids is 1. The van der Waals surface area contributed by atoms with Crippen molar-refractivity contribution in [2.24, 2.45) is 5.41 Å². The second-order valence-electron chi connectivity index (χ2n) is 6.60. The van der Waals surface area contributed by atoms with Crippen LogP contribution in [0.1, 0.15) is 49.5 Å². The van der Waals surface area contributed by atoms with Crippen LogP contribution in [0.3, 0.4) is 0 Å². The van der Waals surface area contributed by atoms with Crippen molar-refractivity contribution in [2.45, 2.75) is 45.1 Å². The number of nitrogens with zero attached hydrogens (tertiary/aromatic N) is 3. The van der Waals surface area contributed by atoms with E-state index in [9.17, 15) is 14.7 Å². The lowest BCUT2D eigenvalue weighted by Gasteiger charge is -2.35. The molecule has 136 valence electrons. The molecule has 0 radical (unpaired) electrons. The average molecular weight is 355 g/mol. The zero-order valence-corrected chi connectivity index (χ0v) is 14.6. The van der Waals surface area contributed by atoms with Crippen LogP contribution in [-0.4, -0.2) is 38.6 Å². The van der Waals surface area contributed by atoms with Crippen LogP contribution < -0.4 is 4.74 Å². The molecule has 1 N–H and O–H groups in total. The summed E-state index contributed by atoms with van der Waals surface area (Å²) in [6, 6.07) is 6.92. The smallest absolute Gasteiger partial charge is 0.309 e. The van der Waals surface area contributed by atoms with Crippen LogP contribution in [0, 0.1) is 5.41 Å². The first-order valence-electron chi connectivity index (χ1n) is 8.72. The number of hydrogen-bond acceptors (Lipinski definition) is 6. The molecular weight excluding hydrogens is 334 g/mol. The average Bonchev–Trinajstić information content (AvgIpc) is 2.69. The number of carboxylic acid groups (broad SMARTS) is 1. The molecular formula is C19H21N3O4. The monoisotopic (exact) mass is 355 g/mol. The first-order valence-corrected chi connectivity index (χ1v) is 8.72. The third kappa shape index (κ3) is 3.71. The molecule has 26 heavy (non-hydrogen) atoms. The lowest BCUT2D eigenvalue weighted by molar-refractivity contribution is -0.152. The van der Waals surface area contributed by atoms with Gasteiger partial charge >= 0.3 is 5.97 Å². The fourth-order valence-corrected chi connectivity index (χ4v) is 3.31. The molecule has 1 saturated carbocycles. The van der Waals surface area contributed by atoms with E-state index in [2.05, 4.69) is 15.2 Å². The van der Waals surface area contributed by atoms with E-state index in [1.165, 1.54) is 0 Å². The summed E-state index contributed by atoms with van der Waals surface area (Å²) in [5.74, 6) is -0.196. The third-order valence-electron chi connectivity index (χ3n) is 5.15. The van der Waals surface area contributed by atoms with Gasteiger partial charge in [0.05, 0.1) is 11.1 Å². The zero-order chi connectivity index (χ0) is 18.6. The number of carbonyl (C=O) groups is 2. The summed E-state index contributed by atoms with van der Waals surface area (Å²) < 4.78 is 5.91. The lowest BCUT2D eigenvalue weighted by Crippen LogP contribution is -2.38. The quantitative estimate of drug-likeness (QED) is 0.794. The molecule has 0 amide bonds. The van der Waals surface area contributed by atoms with Gasteiger partial charge in [-0.05, 0) is 50.3 Å². The molecule has 1 aliphatic rings. The van der Waals surface area contributed by atoms with Gasteiger partial charge < -0.3 is 9.84 Å². The number of aromatic nitrogens is 3. The highest BCUT2D eigenvalue weighted by molar-refractivity contribution is 5.74. The summed E-state index contributed by atoms with van der Waals surface area (Å²) >= 11 is 0. The molecule has 2 aromatic rings. The summed E-state index contributed by atoms with van der Waals surface area (Å²) in [5, 5.41) is 17.2. The highest BCUT2D eigenvalue weighted by atomic mass is 16.5. The number of carbonyl (C=O) groups excluding carboxylic acids is 1. The normalized spacial score (nSPS) is 22.6. The van der Waals surface area contributed by atoms with Crippen molar-refractivity contribution in [3.05, 3.63) is 36.2 Å². The highest BCUT2D eigenvalue weighted by Gasteiger charge is 2.40. The van der Waals surface area contributed by atoms with E-state index in [-0.39, 0.29) is 11.8 Å². The minimum atomic E-state index is -0.706. The summed E-state index contributed by atoms with van der Waals surface area (Å²) in [7, 11) is 0. The van der Waals surface area contributed by atoms with Gasteiger partial charge in [-0.25, -0.2) is 4.98 Å². The van der Waals surface area contributed by atoms with Gasteiger partial charge in [-0.15, -0.1) is 10.2 Å². The maximum Gasteiger partial charge on any atom is 0.309 e. The standard InChI is InChI=1S/C19H21N3O4/c1-2-19(18(24)25)9-7-15(8-10-19)26-17-6-3-13(11-20-17)16-5-4-14(12-23)21-22-16/h3-6,11-12,15H,2,7-10H2,1H3,(H,24,25). The molecule has 0 bridgehead atoms. The number of carboxylic acids is 1. The lowest BCUT2D eigenvalue weighted by atomic mass is 9.71. The number of ether oxygens (including phenoxy) is 1. The van der Waals surface area contributed by atoms with E-state index >= 15 is 0 Å². The molecule has 0 aliphatic heterocycles. The third-order valence-corrected chi connectivity index (χ3v) is 5.15. The van der Waals surface area contributed by atoms with Crippen LogP contribution in [0.15, 0.2) is 30.5 Å². The van der Waals surface area contributed by atoms with Crippen LogP contribution >= 0.6 is 0 Å². The molecule has 2 aromatic heterocycles. The van der Waals surface area contributed by atoms with E-state index in [1.807, 2.05) is 13.0 Å². The summed E-state index contributed by atoms with van der Waals surface area (Å²) in [4.78, 5) is 26.4. The van der Waals surface area contributed by atoms with Gasteiger partial charge in [-0.2, -0.15) is 0 Å². The summed E-state index contributed by atoms with van der Waals surface area (Å²) in [6.45, 7) is 1.93. The zero-order valence-electron chi connectivity index (χ0n) is 14.6. The maximum absolute atomic E-state index is 11.5. The van der Waals surface area contributed by atoms with Crippen molar-refractivity contribution in [2.75, 3.05) is 0 Å². The fraction of sp³-hybridized carbons (Fsp3) is 0.421. The first kappa shape index (κ1) is 18.0. The Morgan fingerprint density at radius 3 is 2.54 bits per heavy atom. The van der Waals surface area contributed by atoms with Crippen LogP contribution in [0.2, 0.25) is 0 Å². The van der Waals surface area contributed by atoms with Gasteiger partial charge in [0.15, 0.2) is 6.29 Å². The molecule has 0 spiro atoms. The second kappa shape index (κ2) is 7.59. The molecule has 3 rings (SSSR count). The van der Waals surface area contributed by atoms with Gasteiger partial charge in [-0.1, -0.05) is 6.92 Å². The van der Waals surface area contributed by atoms with Crippen molar-refractivity contribution in [3.8, 4) is 17.1 Å². The minimum absolute atomic E-state index is 0.0148. The molecule has 7 nitrogen and oxygen atoms in total. The van der Waals surface area contributed by atoms with E-state index in [1.54, 1.807) is 24.4 Å². The first-order chi connectivity index (χ1) is 12.6. The Kier molecular flexibility index (Phi) is 5.25. The molecule has 7 heteroatoms. The topological polar surface area (TPSA) is 102 Å². The summed E-state index contributed by atoms with van der Waals surface area (Å²) in [5.41, 5.74) is 1.08. The Bertz CT molecular complexity index is 766. The highest BCUT2D eigenvalue weighted by Crippen LogP contribution is 2.40. The molecule has 0 saturated heterocycles. The Labute approximate surface area is 151 Å². The Morgan fingerprint density at radius 2 is 2.04 bits per heavy atom.